The summed E-state index contributed by atoms with van der Waals surface area (Å²) in [5.74, 6) is -0.677. The Kier molecular flexibility index (Phi) is 38.2. The molecule has 5 heteroatoms. The molecule has 0 rings (SSSR count). The Morgan fingerprint density at radius 1 is 0.471 bits per heavy atom. The van der Waals surface area contributed by atoms with E-state index in [-0.39, 0.29) is 31.6 Å². The first-order valence-electron chi connectivity index (χ1n) is 19.9. The summed E-state index contributed by atoms with van der Waals surface area (Å²) in [7, 11) is 0. The summed E-state index contributed by atoms with van der Waals surface area (Å²) in [4.78, 5) is 24.1. The Bertz CT molecular complexity index is 1070. The van der Waals surface area contributed by atoms with Gasteiger partial charge in [0.15, 0.2) is 6.10 Å². The highest BCUT2D eigenvalue weighted by molar-refractivity contribution is 5.70. The molecule has 0 aliphatic heterocycles. The zero-order valence-electron chi connectivity index (χ0n) is 32.3. The minimum Gasteiger partial charge on any atom is -0.462 e. The summed E-state index contributed by atoms with van der Waals surface area (Å²) in [5, 5.41) is 9.50. The molecule has 0 spiro atoms. The van der Waals surface area contributed by atoms with E-state index in [4.69, 9.17) is 9.47 Å². The fourth-order valence-electron chi connectivity index (χ4n) is 4.85. The molecule has 286 valence electrons. The smallest absolute Gasteiger partial charge is 0.306 e. The van der Waals surface area contributed by atoms with Crippen molar-refractivity contribution in [2.45, 2.75) is 155 Å². The Morgan fingerprint density at radius 2 is 0.843 bits per heavy atom. The maximum absolute atomic E-state index is 12.1. The van der Waals surface area contributed by atoms with Gasteiger partial charge in [-0.15, -0.1) is 0 Å². The third-order valence-corrected chi connectivity index (χ3v) is 7.83. The lowest BCUT2D eigenvalue weighted by molar-refractivity contribution is -0.161. The number of rotatable bonds is 34. The van der Waals surface area contributed by atoms with Crippen molar-refractivity contribution >= 4 is 11.9 Å². The Balaban J connectivity index is 3.75. The average molecular weight is 705 g/mol. The number of allylic oxidation sites excluding steroid dienone is 18. The highest BCUT2D eigenvalue weighted by atomic mass is 16.6. The largest absolute Gasteiger partial charge is 0.462 e. The monoisotopic (exact) mass is 705 g/mol. The molecule has 5 nitrogen and oxygen atoms in total. The van der Waals surface area contributed by atoms with Crippen molar-refractivity contribution in [2.24, 2.45) is 0 Å². The molecule has 0 radical (unpaired) electrons. The first kappa shape index (κ1) is 47.6. The molecule has 0 aromatic carbocycles. The number of unbranched alkanes of at least 4 members (excludes halogenated alkanes) is 8. The van der Waals surface area contributed by atoms with Crippen molar-refractivity contribution in [2.75, 3.05) is 13.2 Å². The number of carbonyl (C=O) groups is 2. The molecule has 1 unspecified atom stereocenters. The Morgan fingerprint density at radius 3 is 1.25 bits per heavy atom. The lowest BCUT2D eigenvalue weighted by Gasteiger charge is -2.15. The van der Waals surface area contributed by atoms with Crippen LogP contribution in [0.4, 0.5) is 0 Å². The lowest BCUT2D eigenvalue weighted by atomic mass is 10.1. The zero-order chi connectivity index (χ0) is 37.1. The van der Waals surface area contributed by atoms with Gasteiger partial charge in [0.05, 0.1) is 6.61 Å². The van der Waals surface area contributed by atoms with E-state index in [0.717, 1.165) is 83.5 Å². The van der Waals surface area contributed by atoms with E-state index in [1.807, 2.05) is 0 Å². The van der Waals surface area contributed by atoms with Crippen LogP contribution < -0.4 is 0 Å². The topological polar surface area (TPSA) is 72.8 Å². The van der Waals surface area contributed by atoms with Crippen LogP contribution in [-0.2, 0) is 19.1 Å². The number of ether oxygens (including phenoxy) is 2. The highest BCUT2D eigenvalue weighted by Gasteiger charge is 2.15. The summed E-state index contributed by atoms with van der Waals surface area (Å²) in [6.07, 6.45) is 58.8. The number of esters is 2. The molecule has 0 saturated heterocycles. The maximum atomic E-state index is 12.1. The molecule has 0 fully saturated rings. The fraction of sp³-hybridized carbons (Fsp3) is 0.565. The van der Waals surface area contributed by atoms with E-state index in [2.05, 4.69) is 123 Å². The van der Waals surface area contributed by atoms with E-state index < -0.39 is 6.10 Å². The van der Waals surface area contributed by atoms with Crippen LogP contribution in [0, 0.1) is 0 Å². The predicted octanol–water partition coefficient (Wildman–Crippen LogP) is 12.7. The zero-order valence-corrected chi connectivity index (χ0v) is 32.3. The second-order valence-corrected chi connectivity index (χ2v) is 12.6. The van der Waals surface area contributed by atoms with Crippen LogP contribution in [0.15, 0.2) is 109 Å². The Labute approximate surface area is 312 Å². The molecule has 0 aromatic rings. The van der Waals surface area contributed by atoms with Crippen LogP contribution in [0.25, 0.3) is 0 Å². The van der Waals surface area contributed by atoms with Crippen LogP contribution in [0.5, 0.6) is 0 Å². The molecule has 0 amide bonds. The van der Waals surface area contributed by atoms with Crippen molar-refractivity contribution in [3.05, 3.63) is 109 Å². The fourth-order valence-corrected chi connectivity index (χ4v) is 4.85. The minimum atomic E-state index is -0.805. The normalized spacial score (nSPS) is 13.4. The molecule has 0 bridgehead atoms. The van der Waals surface area contributed by atoms with Crippen LogP contribution in [0.2, 0.25) is 0 Å². The van der Waals surface area contributed by atoms with Gasteiger partial charge >= 0.3 is 11.9 Å². The van der Waals surface area contributed by atoms with Crippen molar-refractivity contribution < 1.29 is 24.2 Å². The standard InChI is InChI=1S/C46H72O5/c1-3-5-7-9-11-13-14-15-16-17-18-19-20-21-22-23-24-25-26-27-28-29-30-31-32-33-35-37-39-41-46(49)51-44(42-47)43-50-45(48)40-38-36-34-12-10-8-6-4-2/h5,7,11,13,15-16,18-19,21-22,24-25,27-28,30-31,33,35,44,47H,3-4,6,8-10,12,14,17,20,23,26,29,32,34,36-43H2,1-2H3/b7-5-,13-11-,16-15-,19-18-,22-21-,25-24-,28-27-,31-30-,35-33-. The van der Waals surface area contributed by atoms with Gasteiger partial charge in [0.2, 0.25) is 0 Å². The van der Waals surface area contributed by atoms with E-state index in [1.54, 1.807) is 0 Å². The van der Waals surface area contributed by atoms with E-state index in [9.17, 15) is 14.7 Å². The SMILES string of the molecule is CC/C=C\C/C=C\C/C=C\C/C=C\C/C=C\C/C=C\C/C=C\C/C=C\C/C=C\CCCC(=O)OC(CO)COC(=O)CCCCCCCCCC. The van der Waals surface area contributed by atoms with Crippen molar-refractivity contribution in [1.82, 2.24) is 0 Å². The first-order chi connectivity index (χ1) is 25.1. The van der Waals surface area contributed by atoms with Crippen molar-refractivity contribution in [1.29, 1.82) is 0 Å². The molecule has 1 N–H and O–H groups in total. The molecule has 0 aliphatic carbocycles. The van der Waals surface area contributed by atoms with E-state index in [1.165, 1.54) is 32.1 Å². The second-order valence-electron chi connectivity index (χ2n) is 12.6. The number of hydrogen-bond donors (Lipinski definition) is 1. The minimum absolute atomic E-state index is 0.0952. The molecule has 0 saturated carbocycles. The molecule has 51 heavy (non-hydrogen) atoms. The molecular weight excluding hydrogens is 633 g/mol. The van der Waals surface area contributed by atoms with Gasteiger partial charge in [0, 0.05) is 12.8 Å². The van der Waals surface area contributed by atoms with Gasteiger partial charge in [-0.2, -0.15) is 0 Å². The maximum Gasteiger partial charge on any atom is 0.306 e. The van der Waals surface area contributed by atoms with Gasteiger partial charge in [-0.05, 0) is 77.0 Å². The average Bonchev–Trinajstić information content (AvgIpc) is 3.13. The number of aliphatic hydroxyl groups excluding tert-OH is 1. The summed E-state index contributed by atoms with van der Waals surface area (Å²) >= 11 is 0. The predicted molar refractivity (Wildman–Crippen MR) is 218 cm³/mol. The third-order valence-electron chi connectivity index (χ3n) is 7.83. The van der Waals surface area contributed by atoms with Crippen LogP contribution in [0.3, 0.4) is 0 Å². The number of hydrogen-bond acceptors (Lipinski definition) is 5. The Hall–Kier alpha value is -3.44. The molecule has 0 aromatic heterocycles. The van der Waals surface area contributed by atoms with E-state index >= 15 is 0 Å². The van der Waals surface area contributed by atoms with Gasteiger partial charge < -0.3 is 14.6 Å². The highest BCUT2D eigenvalue weighted by Crippen LogP contribution is 2.10. The van der Waals surface area contributed by atoms with Gasteiger partial charge in [0.25, 0.3) is 0 Å². The summed E-state index contributed by atoms with van der Waals surface area (Å²) in [6.45, 7) is 3.91. The lowest BCUT2D eigenvalue weighted by Crippen LogP contribution is -2.28. The molecule has 1 atom stereocenters. The second kappa shape index (κ2) is 41.0. The van der Waals surface area contributed by atoms with E-state index in [0.29, 0.717) is 12.8 Å². The van der Waals surface area contributed by atoms with Crippen LogP contribution in [0.1, 0.15) is 149 Å². The molecular formula is C46H72O5. The molecule has 0 aliphatic rings. The van der Waals surface area contributed by atoms with Crippen LogP contribution in [-0.4, -0.2) is 36.4 Å². The third kappa shape index (κ3) is 39.2. The first-order valence-corrected chi connectivity index (χ1v) is 19.9. The van der Waals surface area contributed by atoms with Gasteiger partial charge in [-0.3, -0.25) is 9.59 Å². The van der Waals surface area contributed by atoms with Gasteiger partial charge in [-0.25, -0.2) is 0 Å². The number of aliphatic hydroxyl groups is 1. The summed E-state index contributed by atoms with van der Waals surface area (Å²) in [6, 6.07) is 0. The van der Waals surface area contributed by atoms with Crippen LogP contribution >= 0.6 is 0 Å². The van der Waals surface area contributed by atoms with Gasteiger partial charge in [0.1, 0.15) is 6.61 Å². The summed E-state index contributed by atoms with van der Waals surface area (Å²) < 4.78 is 10.5. The number of carbonyl (C=O) groups excluding carboxylic acids is 2. The van der Waals surface area contributed by atoms with Gasteiger partial charge in [-0.1, -0.05) is 168 Å². The van der Waals surface area contributed by atoms with Crippen molar-refractivity contribution in [3.63, 3.8) is 0 Å². The van der Waals surface area contributed by atoms with Crippen molar-refractivity contribution in [3.8, 4) is 0 Å². The summed E-state index contributed by atoms with van der Waals surface area (Å²) in [5.41, 5.74) is 0. The molecule has 0 heterocycles. The quantitative estimate of drug-likeness (QED) is 0.0410.